The number of rotatable bonds is 6. The number of aliphatic hydroxyl groups excluding tert-OH is 1. The van der Waals surface area contributed by atoms with Gasteiger partial charge in [0, 0.05) is 0 Å². The van der Waals surface area contributed by atoms with E-state index >= 15 is 0 Å². The average Bonchev–Trinajstić information content (AvgIpc) is 2.22. The van der Waals surface area contributed by atoms with Gasteiger partial charge in [0.05, 0.1) is 12.7 Å². The molecule has 0 heterocycles. The van der Waals surface area contributed by atoms with Crippen LogP contribution in [0.5, 0.6) is 5.75 Å². The highest BCUT2D eigenvalue weighted by molar-refractivity contribution is 5.32. The quantitative estimate of drug-likeness (QED) is 0.827. The molecule has 3 heteroatoms. The van der Waals surface area contributed by atoms with Crippen LogP contribution in [-0.4, -0.2) is 30.5 Å². The van der Waals surface area contributed by atoms with Gasteiger partial charge in [-0.15, -0.1) is 0 Å². The molecule has 0 saturated heterocycles. The van der Waals surface area contributed by atoms with E-state index in [0.717, 1.165) is 16.9 Å². The molecule has 1 aromatic rings. The molecule has 3 nitrogen and oxygen atoms in total. The number of aliphatic hydroxyl groups is 1. The summed E-state index contributed by atoms with van der Waals surface area (Å²) in [7, 11) is 0. The Morgan fingerprint density at radius 2 is 1.65 bits per heavy atom. The third-order valence-electron chi connectivity index (χ3n) is 2.26. The topological polar surface area (TPSA) is 38.7 Å². The largest absolute Gasteiger partial charge is 0.491 e. The normalized spacial score (nSPS) is 12.8. The fourth-order valence-electron chi connectivity index (χ4n) is 1.56. The van der Waals surface area contributed by atoms with E-state index in [4.69, 9.17) is 9.47 Å². The van der Waals surface area contributed by atoms with E-state index in [1.165, 1.54) is 0 Å². The first-order chi connectivity index (χ1) is 7.97. The summed E-state index contributed by atoms with van der Waals surface area (Å²) in [6, 6.07) is 6.01. The van der Waals surface area contributed by atoms with Gasteiger partial charge in [-0.05, 0) is 51.0 Å². The molecule has 0 saturated carbocycles. The van der Waals surface area contributed by atoms with Crippen LogP contribution in [0.3, 0.4) is 0 Å². The first-order valence-electron chi connectivity index (χ1n) is 5.98. The minimum absolute atomic E-state index is 0.130. The molecule has 0 aliphatic rings. The smallest absolute Gasteiger partial charge is 0.119 e. The molecule has 1 aromatic carbocycles. The van der Waals surface area contributed by atoms with Gasteiger partial charge in [-0.3, -0.25) is 0 Å². The molecular weight excluding hydrogens is 216 g/mol. The van der Waals surface area contributed by atoms with Gasteiger partial charge in [-0.25, -0.2) is 0 Å². The number of hydrogen-bond donors (Lipinski definition) is 1. The van der Waals surface area contributed by atoms with Gasteiger partial charge >= 0.3 is 0 Å². The van der Waals surface area contributed by atoms with Crippen molar-refractivity contribution in [1.82, 2.24) is 0 Å². The molecule has 0 bridgehead atoms. The van der Waals surface area contributed by atoms with Crippen LogP contribution in [0.2, 0.25) is 0 Å². The fraction of sp³-hybridized carbons (Fsp3) is 0.571. The van der Waals surface area contributed by atoms with Gasteiger partial charge in [-0.2, -0.15) is 0 Å². The molecule has 0 aliphatic carbocycles. The summed E-state index contributed by atoms with van der Waals surface area (Å²) in [4.78, 5) is 0. The van der Waals surface area contributed by atoms with E-state index < -0.39 is 6.10 Å². The van der Waals surface area contributed by atoms with Crippen LogP contribution in [0.25, 0.3) is 0 Å². The predicted octanol–water partition coefficient (Wildman–Crippen LogP) is 2.47. The Morgan fingerprint density at radius 1 is 1.06 bits per heavy atom. The maximum atomic E-state index is 9.65. The molecule has 0 spiro atoms. The van der Waals surface area contributed by atoms with Crippen LogP contribution in [0, 0.1) is 13.8 Å². The van der Waals surface area contributed by atoms with Crippen molar-refractivity contribution in [2.45, 2.75) is 39.9 Å². The molecule has 17 heavy (non-hydrogen) atoms. The molecule has 1 unspecified atom stereocenters. The Bertz CT molecular complexity index is 327. The Kier molecular flexibility index (Phi) is 5.45. The first kappa shape index (κ1) is 14.0. The second kappa shape index (κ2) is 6.62. The number of ether oxygens (including phenoxy) is 2. The molecule has 0 aliphatic heterocycles. The zero-order valence-corrected chi connectivity index (χ0v) is 11.1. The van der Waals surface area contributed by atoms with Crippen molar-refractivity contribution < 1.29 is 14.6 Å². The van der Waals surface area contributed by atoms with Gasteiger partial charge in [-0.1, -0.05) is 6.07 Å². The van der Waals surface area contributed by atoms with Crippen LogP contribution in [0.4, 0.5) is 0 Å². The van der Waals surface area contributed by atoms with Crippen molar-refractivity contribution in [1.29, 1.82) is 0 Å². The number of aryl methyl sites for hydroxylation is 2. The third kappa shape index (κ3) is 5.71. The summed E-state index contributed by atoms with van der Waals surface area (Å²) < 4.78 is 10.8. The van der Waals surface area contributed by atoms with E-state index in [-0.39, 0.29) is 12.7 Å². The van der Waals surface area contributed by atoms with Gasteiger partial charge < -0.3 is 14.6 Å². The zero-order chi connectivity index (χ0) is 12.8. The van der Waals surface area contributed by atoms with Crippen LogP contribution in [0.1, 0.15) is 25.0 Å². The Morgan fingerprint density at radius 3 is 2.18 bits per heavy atom. The Balaban J connectivity index is 2.39. The maximum absolute atomic E-state index is 9.65. The SMILES string of the molecule is Cc1cc(C)cc(OCC(O)COC(C)C)c1. The van der Waals surface area contributed by atoms with E-state index in [0.29, 0.717) is 6.61 Å². The van der Waals surface area contributed by atoms with E-state index in [1.54, 1.807) is 0 Å². The summed E-state index contributed by atoms with van der Waals surface area (Å²) in [5.41, 5.74) is 2.32. The molecule has 1 atom stereocenters. The van der Waals surface area contributed by atoms with Crippen molar-refractivity contribution in [2.75, 3.05) is 13.2 Å². The fourth-order valence-corrected chi connectivity index (χ4v) is 1.56. The van der Waals surface area contributed by atoms with Crippen LogP contribution >= 0.6 is 0 Å². The van der Waals surface area contributed by atoms with Crippen LogP contribution < -0.4 is 4.74 Å². The monoisotopic (exact) mass is 238 g/mol. The minimum atomic E-state index is -0.585. The van der Waals surface area contributed by atoms with Crippen molar-refractivity contribution in [3.63, 3.8) is 0 Å². The summed E-state index contributed by atoms with van der Waals surface area (Å²) in [6.45, 7) is 8.50. The average molecular weight is 238 g/mol. The second-order valence-electron chi connectivity index (χ2n) is 4.67. The summed E-state index contributed by atoms with van der Waals surface area (Å²) >= 11 is 0. The first-order valence-corrected chi connectivity index (χ1v) is 5.98. The van der Waals surface area contributed by atoms with E-state index in [1.807, 2.05) is 39.8 Å². The molecule has 0 amide bonds. The van der Waals surface area contributed by atoms with Gasteiger partial charge in [0.25, 0.3) is 0 Å². The Labute approximate surface area is 103 Å². The van der Waals surface area contributed by atoms with Crippen molar-refractivity contribution >= 4 is 0 Å². The molecule has 1 N–H and O–H groups in total. The highest BCUT2D eigenvalue weighted by Gasteiger charge is 2.07. The molecule has 0 fully saturated rings. The molecule has 1 rings (SSSR count). The zero-order valence-electron chi connectivity index (χ0n) is 11.1. The van der Waals surface area contributed by atoms with Crippen molar-refractivity contribution in [2.24, 2.45) is 0 Å². The lowest BCUT2D eigenvalue weighted by Crippen LogP contribution is -2.25. The van der Waals surface area contributed by atoms with E-state index in [2.05, 4.69) is 6.07 Å². The third-order valence-corrected chi connectivity index (χ3v) is 2.26. The Hall–Kier alpha value is -1.06. The van der Waals surface area contributed by atoms with Crippen LogP contribution in [0.15, 0.2) is 18.2 Å². The lowest BCUT2D eigenvalue weighted by Gasteiger charge is -2.15. The lowest BCUT2D eigenvalue weighted by atomic mass is 10.1. The van der Waals surface area contributed by atoms with Gasteiger partial charge in [0.2, 0.25) is 0 Å². The number of hydrogen-bond acceptors (Lipinski definition) is 3. The highest BCUT2D eigenvalue weighted by atomic mass is 16.5. The molecular formula is C14H22O3. The standard InChI is InChI=1S/C14H22O3/c1-10(2)16-8-13(15)9-17-14-6-11(3)5-12(4)7-14/h5-7,10,13,15H,8-9H2,1-4H3. The van der Waals surface area contributed by atoms with Crippen molar-refractivity contribution in [3.8, 4) is 5.75 Å². The summed E-state index contributed by atoms with van der Waals surface area (Å²) in [5, 5.41) is 9.65. The molecule has 0 radical (unpaired) electrons. The number of benzene rings is 1. The van der Waals surface area contributed by atoms with Gasteiger partial charge in [0.1, 0.15) is 18.5 Å². The molecule has 96 valence electrons. The lowest BCUT2D eigenvalue weighted by molar-refractivity contribution is -0.0122. The van der Waals surface area contributed by atoms with Gasteiger partial charge in [0.15, 0.2) is 0 Å². The maximum Gasteiger partial charge on any atom is 0.119 e. The van der Waals surface area contributed by atoms with Crippen molar-refractivity contribution in [3.05, 3.63) is 29.3 Å². The second-order valence-corrected chi connectivity index (χ2v) is 4.67. The highest BCUT2D eigenvalue weighted by Crippen LogP contribution is 2.16. The molecule has 0 aromatic heterocycles. The summed E-state index contributed by atoms with van der Waals surface area (Å²) in [5.74, 6) is 0.797. The summed E-state index contributed by atoms with van der Waals surface area (Å²) in [6.07, 6.45) is -0.455. The van der Waals surface area contributed by atoms with E-state index in [9.17, 15) is 5.11 Å². The van der Waals surface area contributed by atoms with Crippen LogP contribution in [-0.2, 0) is 4.74 Å². The minimum Gasteiger partial charge on any atom is -0.491 e. The predicted molar refractivity (Wildman–Crippen MR) is 68.5 cm³/mol.